The van der Waals surface area contributed by atoms with E-state index in [1.54, 1.807) is 4.90 Å². The highest BCUT2D eigenvalue weighted by Crippen LogP contribution is 2.22. The number of halogens is 3. The summed E-state index contributed by atoms with van der Waals surface area (Å²) >= 11 is 3.40. The first kappa shape index (κ1) is 16.9. The second kappa shape index (κ2) is 7.30. The average Bonchev–Trinajstić information content (AvgIpc) is 2.55. The van der Waals surface area contributed by atoms with Crippen molar-refractivity contribution in [3.63, 3.8) is 0 Å². The lowest BCUT2D eigenvalue weighted by molar-refractivity contribution is -0.130. The van der Waals surface area contributed by atoms with E-state index >= 15 is 0 Å². The fourth-order valence-corrected chi connectivity index (χ4v) is 3.31. The zero-order valence-corrected chi connectivity index (χ0v) is 14.6. The second-order valence-electron chi connectivity index (χ2n) is 5.77. The molecule has 0 aliphatic carbocycles. The zero-order chi connectivity index (χ0) is 17.1. The van der Waals surface area contributed by atoms with Gasteiger partial charge in [-0.1, -0.05) is 28.1 Å². The Hall–Kier alpha value is -1.95. The van der Waals surface area contributed by atoms with Gasteiger partial charge in [0.15, 0.2) is 0 Å². The molecule has 0 unspecified atom stereocenters. The number of nitrogens with zero attached hydrogens (tertiary/aromatic N) is 2. The molecule has 1 aliphatic rings. The minimum absolute atomic E-state index is 0.0623. The van der Waals surface area contributed by atoms with Gasteiger partial charge in [0.05, 0.1) is 12.1 Å². The van der Waals surface area contributed by atoms with Crippen molar-refractivity contribution in [1.29, 1.82) is 0 Å². The maximum atomic E-state index is 13.8. The van der Waals surface area contributed by atoms with Gasteiger partial charge >= 0.3 is 0 Å². The summed E-state index contributed by atoms with van der Waals surface area (Å²) in [5.41, 5.74) is 1.34. The normalized spacial score (nSPS) is 14.8. The Morgan fingerprint density at radius 1 is 1.04 bits per heavy atom. The SMILES string of the molecule is O=C(Cc1cccc(Br)c1)N1CCN(c2ccc(F)cc2F)CC1. The van der Waals surface area contributed by atoms with Crippen LogP contribution in [0.1, 0.15) is 5.56 Å². The molecule has 1 heterocycles. The minimum Gasteiger partial charge on any atom is -0.366 e. The smallest absolute Gasteiger partial charge is 0.227 e. The molecule has 0 N–H and O–H groups in total. The van der Waals surface area contributed by atoms with Gasteiger partial charge in [-0.2, -0.15) is 0 Å². The van der Waals surface area contributed by atoms with Gasteiger partial charge in [-0.15, -0.1) is 0 Å². The summed E-state index contributed by atoms with van der Waals surface area (Å²) in [5, 5.41) is 0. The largest absolute Gasteiger partial charge is 0.366 e. The molecule has 0 saturated carbocycles. The van der Waals surface area contributed by atoms with Crippen LogP contribution < -0.4 is 4.90 Å². The van der Waals surface area contributed by atoms with E-state index in [2.05, 4.69) is 15.9 Å². The number of piperazine rings is 1. The van der Waals surface area contributed by atoms with Crippen LogP contribution in [0.15, 0.2) is 46.9 Å². The third-order valence-corrected chi connectivity index (χ3v) is 4.62. The lowest BCUT2D eigenvalue weighted by Gasteiger charge is -2.36. The van der Waals surface area contributed by atoms with E-state index in [9.17, 15) is 13.6 Å². The third kappa shape index (κ3) is 3.93. The Morgan fingerprint density at radius 3 is 2.46 bits per heavy atom. The average molecular weight is 395 g/mol. The highest BCUT2D eigenvalue weighted by atomic mass is 79.9. The molecule has 0 atom stereocenters. The van der Waals surface area contributed by atoms with E-state index in [4.69, 9.17) is 0 Å². The highest BCUT2D eigenvalue weighted by Gasteiger charge is 2.23. The summed E-state index contributed by atoms with van der Waals surface area (Å²) in [6, 6.07) is 11.3. The second-order valence-corrected chi connectivity index (χ2v) is 6.69. The number of benzene rings is 2. The summed E-state index contributed by atoms with van der Waals surface area (Å²) in [6.45, 7) is 2.13. The van der Waals surface area contributed by atoms with E-state index in [0.29, 0.717) is 38.3 Å². The van der Waals surface area contributed by atoms with Crippen molar-refractivity contribution in [3.8, 4) is 0 Å². The molecular formula is C18H17BrF2N2O. The Bertz CT molecular complexity index is 746. The zero-order valence-electron chi connectivity index (χ0n) is 13.0. The number of rotatable bonds is 3. The predicted octanol–water partition coefficient (Wildman–Crippen LogP) is 3.62. The van der Waals surface area contributed by atoms with Crippen molar-refractivity contribution in [1.82, 2.24) is 4.90 Å². The number of anilines is 1. The Morgan fingerprint density at radius 2 is 1.79 bits per heavy atom. The van der Waals surface area contributed by atoms with Gasteiger partial charge in [0.2, 0.25) is 5.91 Å². The van der Waals surface area contributed by atoms with E-state index in [1.807, 2.05) is 29.2 Å². The van der Waals surface area contributed by atoms with Crippen LogP contribution in [0.2, 0.25) is 0 Å². The van der Waals surface area contributed by atoms with Crippen LogP contribution in [-0.2, 0) is 11.2 Å². The maximum absolute atomic E-state index is 13.8. The maximum Gasteiger partial charge on any atom is 0.227 e. The van der Waals surface area contributed by atoms with Crippen LogP contribution in [-0.4, -0.2) is 37.0 Å². The molecule has 1 amide bonds. The number of carbonyl (C=O) groups excluding carboxylic acids is 1. The fourth-order valence-electron chi connectivity index (χ4n) is 2.87. The summed E-state index contributed by atoms with van der Waals surface area (Å²) in [6.07, 6.45) is 0.352. The van der Waals surface area contributed by atoms with Gasteiger partial charge in [0.25, 0.3) is 0 Å². The molecule has 1 aliphatic heterocycles. The van der Waals surface area contributed by atoms with Gasteiger partial charge < -0.3 is 9.80 Å². The minimum atomic E-state index is -0.584. The predicted molar refractivity (Wildman–Crippen MR) is 93.0 cm³/mol. The standard InChI is InChI=1S/C18H17BrF2N2O/c19-14-3-1-2-13(10-14)11-18(24)23-8-6-22(7-9-23)17-5-4-15(20)12-16(17)21/h1-5,10,12H,6-9,11H2. The van der Waals surface area contributed by atoms with Gasteiger partial charge in [0.1, 0.15) is 11.6 Å². The quantitative estimate of drug-likeness (QED) is 0.793. The molecule has 6 heteroatoms. The van der Waals surface area contributed by atoms with E-state index < -0.39 is 11.6 Å². The Labute approximate surface area is 148 Å². The lowest BCUT2D eigenvalue weighted by atomic mass is 10.1. The molecule has 1 saturated heterocycles. The van der Waals surface area contributed by atoms with Crippen LogP contribution in [0.3, 0.4) is 0 Å². The molecule has 3 rings (SSSR count). The number of amides is 1. The molecule has 0 spiro atoms. The molecule has 1 fully saturated rings. The highest BCUT2D eigenvalue weighted by molar-refractivity contribution is 9.10. The Kier molecular flexibility index (Phi) is 5.14. The van der Waals surface area contributed by atoms with Crippen LogP contribution in [0.4, 0.5) is 14.5 Å². The van der Waals surface area contributed by atoms with Crippen molar-refractivity contribution >= 4 is 27.5 Å². The van der Waals surface area contributed by atoms with Crippen LogP contribution >= 0.6 is 15.9 Å². The van der Waals surface area contributed by atoms with E-state index in [0.717, 1.165) is 16.1 Å². The Balaban J connectivity index is 1.59. The number of hydrogen-bond donors (Lipinski definition) is 0. The van der Waals surface area contributed by atoms with Crippen molar-refractivity contribution in [2.24, 2.45) is 0 Å². The molecule has 2 aromatic carbocycles. The topological polar surface area (TPSA) is 23.6 Å². The third-order valence-electron chi connectivity index (χ3n) is 4.13. The van der Waals surface area contributed by atoms with Gasteiger partial charge in [0, 0.05) is 36.7 Å². The van der Waals surface area contributed by atoms with Crippen LogP contribution in [0, 0.1) is 11.6 Å². The van der Waals surface area contributed by atoms with Crippen molar-refractivity contribution in [3.05, 3.63) is 64.1 Å². The molecule has 0 bridgehead atoms. The van der Waals surface area contributed by atoms with Crippen LogP contribution in [0.5, 0.6) is 0 Å². The van der Waals surface area contributed by atoms with E-state index in [1.165, 1.54) is 12.1 Å². The first-order chi connectivity index (χ1) is 11.5. The molecule has 3 nitrogen and oxygen atoms in total. The van der Waals surface area contributed by atoms with Crippen LogP contribution in [0.25, 0.3) is 0 Å². The first-order valence-electron chi connectivity index (χ1n) is 7.75. The van der Waals surface area contributed by atoms with E-state index in [-0.39, 0.29) is 5.91 Å². The van der Waals surface area contributed by atoms with Gasteiger partial charge in [-0.3, -0.25) is 4.79 Å². The molecule has 0 aromatic heterocycles. The summed E-state index contributed by atoms with van der Waals surface area (Å²) in [7, 11) is 0. The van der Waals surface area contributed by atoms with Gasteiger partial charge in [-0.25, -0.2) is 8.78 Å². The monoisotopic (exact) mass is 394 g/mol. The molecule has 0 radical (unpaired) electrons. The number of hydrogen-bond acceptors (Lipinski definition) is 2. The first-order valence-corrected chi connectivity index (χ1v) is 8.54. The summed E-state index contributed by atoms with van der Waals surface area (Å²) in [4.78, 5) is 16.0. The molecule has 126 valence electrons. The molecule has 24 heavy (non-hydrogen) atoms. The van der Waals surface area contributed by atoms with Crippen molar-refractivity contribution < 1.29 is 13.6 Å². The van der Waals surface area contributed by atoms with Gasteiger partial charge in [-0.05, 0) is 29.8 Å². The number of carbonyl (C=O) groups is 1. The lowest BCUT2D eigenvalue weighted by Crippen LogP contribution is -2.49. The summed E-state index contributed by atoms with van der Waals surface area (Å²) < 4.78 is 27.8. The van der Waals surface area contributed by atoms with Crippen molar-refractivity contribution in [2.45, 2.75) is 6.42 Å². The summed E-state index contributed by atoms with van der Waals surface area (Å²) in [5.74, 6) is -1.09. The fraction of sp³-hybridized carbons (Fsp3) is 0.278. The molecule has 2 aromatic rings. The van der Waals surface area contributed by atoms with Crippen molar-refractivity contribution in [2.75, 3.05) is 31.1 Å². The molecular weight excluding hydrogens is 378 g/mol.